The molecule has 0 unspecified atom stereocenters. The maximum Gasteiger partial charge on any atom is 0.123 e. The summed E-state index contributed by atoms with van der Waals surface area (Å²) in [7, 11) is 1.88. The molecular weight excluding hydrogens is 249 g/mol. The summed E-state index contributed by atoms with van der Waals surface area (Å²) in [6.07, 6.45) is 1.89. The first-order valence-electron chi connectivity index (χ1n) is 5.86. The molecule has 0 saturated heterocycles. The van der Waals surface area contributed by atoms with E-state index in [1.807, 2.05) is 7.05 Å². The highest BCUT2D eigenvalue weighted by atomic mass is 32.2. The van der Waals surface area contributed by atoms with E-state index in [1.54, 1.807) is 16.8 Å². The molecule has 0 aliphatic rings. The Labute approximate surface area is 110 Å². The Balaban J connectivity index is 2.26. The Hall–Kier alpha value is -1.49. The monoisotopic (exact) mass is 265 g/mol. The molecule has 1 heterocycles. The van der Waals surface area contributed by atoms with Crippen molar-refractivity contribution in [2.24, 2.45) is 7.05 Å². The van der Waals surface area contributed by atoms with Crippen LogP contribution in [0, 0.1) is 5.82 Å². The lowest BCUT2D eigenvalue weighted by molar-refractivity contribution is 0.626. The van der Waals surface area contributed by atoms with E-state index in [4.69, 9.17) is 5.73 Å². The molecule has 3 nitrogen and oxygen atoms in total. The Morgan fingerprint density at radius 3 is 2.61 bits per heavy atom. The van der Waals surface area contributed by atoms with Gasteiger partial charge in [-0.2, -0.15) is 5.10 Å². The van der Waals surface area contributed by atoms with Crippen LogP contribution in [0.4, 0.5) is 10.1 Å². The number of aromatic nitrogens is 2. The summed E-state index contributed by atoms with van der Waals surface area (Å²) in [4.78, 5) is 0.953. The number of nitrogens with zero attached hydrogens (tertiary/aromatic N) is 2. The van der Waals surface area contributed by atoms with Crippen LogP contribution in [0.5, 0.6) is 0 Å². The molecule has 0 spiro atoms. The van der Waals surface area contributed by atoms with Gasteiger partial charge in [0.1, 0.15) is 10.8 Å². The fraction of sp³-hybridized carbons (Fsp3) is 0.308. The molecule has 0 aliphatic carbocycles. The van der Waals surface area contributed by atoms with E-state index in [2.05, 4.69) is 12.0 Å². The van der Waals surface area contributed by atoms with E-state index < -0.39 is 0 Å². The number of rotatable bonds is 4. The van der Waals surface area contributed by atoms with Crippen LogP contribution in [-0.2, 0) is 13.5 Å². The highest BCUT2D eigenvalue weighted by molar-refractivity contribution is 7.99. The molecule has 2 N–H and O–H groups in total. The molecule has 5 heteroatoms. The molecule has 0 fully saturated rings. The molecule has 0 radical (unpaired) electrons. The summed E-state index contributed by atoms with van der Waals surface area (Å²) in [6, 6.07) is 6.38. The van der Waals surface area contributed by atoms with E-state index >= 15 is 0 Å². The fourth-order valence-electron chi connectivity index (χ4n) is 1.73. The SMILES string of the molecule is CCCc1nn(C)c(Sc2ccc(F)cc2)c1N. The number of benzene rings is 1. The van der Waals surface area contributed by atoms with Crippen LogP contribution >= 0.6 is 11.8 Å². The lowest BCUT2D eigenvalue weighted by Crippen LogP contribution is -1.93. The van der Waals surface area contributed by atoms with Gasteiger partial charge >= 0.3 is 0 Å². The molecule has 96 valence electrons. The molecule has 1 aromatic heterocycles. The summed E-state index contributed by atoms with van der Waals surface area (Å²) in [6.45, 7) is 2.10. The van der Waals surface area contributed by atoms with Crippen LogP contribution in [0.15, 0.2) is 34.2 Å². The first kappa shape index (κ1) is 13.0. The van der Waals surface area contributed by atoms with Crippen LogP contribution in [0.3, 0.4) is 0 Å². The van der Waals surface area contributed by atoms with Crippen LogP contribution in [0.2, 0.25) is 0 Å². The zero-order valence-electron chi connectivity index (χ0n) is 10.5. The lowest BCUT2D eigenvalue weighted by atomic mass is 10.2. The Morgan fingerprint density at radius 2 is 2.00 bits per heavy atom. The molecule has 18 heavy (non-hydrogen) atoms. The van der Waals surface area contributed by atoms with Gasteiger partial charge in [0.15, 0.2) is 0 Å². The Kier molecular flexibility index (Phi) is 3.91. The highest BCUT2D eigenvalue weighted by Gasteiger charge is 2.13. The second kappa shape index (κ2) is 5.44. The van der Waals surface area contributed by atoms with Gasteiger partial charge in [-0.3, -0.25) is 4.68 Å². The molecule has 0 bridgehead atoms. The first-order valence-corrected chi connectivity index (χ1v) is 6.68. The normalized spacial score (nSPS) is 10.8. The number of aryl methyl sites for hydroxylation is 2. The van der Waals surface area contributed by atoms with Gasteiger partial charge in [-0.15, -0.1) is 0 Å². The summed E-state index contributed by atoms with van der Waals surface area (Å²) >= 11 is 1.51. The van der Waals surface area contributed by atoms with Gasteiger partial charge in [0.2, 0.25) is 0 Å². The first-order chi connectivity index (χ1) is 8.61. The van der Waals surface area contributed by atoms with Crippen molar-refractivity contribution in [2.75, 3.05) is 5.73 Å². The minimum absolute atomic E-state index is 0.232. The highest BCUT2D eigenvalue weighted by Crippen LogP contribution is 2.33. The standard InChI is InChI=1S/C13H16FN3S/c1-3-4-11-12(15)13(17(2)16-11)18-10-7-5-9(14)6-8-10/h5-8H,3-4,15H2,1-2H3. The van der Waals surface area contributed by atoms with Crippen molar-refractivity contribution in [3.05, 3.63) is 35.8 Å². The van der Waals surface area contributed by atoms with E-state index in [1.165, 1.54) is 23.9 Å². The molecule has 0 saturated carbocycles. The molecular formula is C13H16FN3S. The van der Waals surface area contributed by atoms with E-state index in [9.17, 15) is 4.39 Å². The topological polar surface area (TPSA) is 43.8 Å². The van der Waals surface area contributed by atoms with Crippen molar-refractivity contribution in [3.63, 3.8) is 0 Å². The summed E-state index contributed by atoms with van der Waals surface area (Å²) in [5.41, 5.74) is 7.75. The summed E-state index contributed by atoms with van der Waals surface area (Å²) in [5, 5.41) is 5.32. The predicted molar refractivity (Wildman–Crippen MR) is 72.1 cm³/mol. The second-order valence-electron chi connectivity index (χ2n) is 4.10. The number of halogens is 1. The van der Waals surface area contributed by atoms with E-state index in [0.29, 0.717) is 0 Å². The van der Waals surface area contributed by atoms with Gasteiger partial charge in [0, 0.05) is 11.9 Å². The third-order valence-electron chi connectivity index (χ3n) is 2.62. The number of hydrogen-bond acceptors (Lipinski definition) is 3. The van der Waals surface area contributed by atoms with Crippen molar-refractivity contribution >= 4 is 17.4 Å². The average molecular weight is 265 g/mol. The van der Waals surface area contributed by atoms with Crippen molar-refractivity contribution in [1.82, 2.24) is 9.78 Å². The molecule has 0 atom stereocenters. The second-order valence-corrected chi connectivity index (χ2v) is 5.16. The lowest BCUT2D eigenvalue weighted by Gasteiger charge is -2.03. The number of nitrogen functional groups attached to an aromatic ring is 1. The van der Waals surface area contributed by atoms with Gasteiger partial charge in [0.25, 0.3) is 0 Å². The predicted octanol–water partition coefficient (Wildman–Crippen LogP) is 3.25. The fourth-order valence-corrected chi connectivity index (χ4v) is 2.63. The van der Waals surface area contributed by atoms with Crippen LogP contribution in [0.25, 0.3) is 0 Å². The molecule has 0 amide bonds. The molecule has 1 aromatic carbocycles. The maximum atomic E-state index is 12.8. The maximum absolute atomic E-state index is 12.8. The molecule has 0 aliphatic heterocycles. The van der Waals surface area contributed by atoms with Gasteiger partial charge in [-0.05, 0) is 30.7 Å². The minimum atomic E-state index is -0.232. The van der Waals surface area contributed by atoms with Gasteiger partial charge in [-0.1, -0.05) is 25.1 Å². The van der Waals surface area contributed by atoms with Crippen molar-refractivity contribution < 1.29 is 4.39 Å². The summed E-state index contributed by atoms with van der Waals surface area (Å²) < 4.78 is 14.6. The Bertz CT molecular complexity index is 534. The summed E-state index contributed by atoms with van der Waals surface area (Å²) in [5.74, 6) is -0.232. The minimum Gasteiger partial charge on any atom is -0.395 e. The Morgan fingerprint density at radius 1 is 1.33 bits per heavy atom. The van der Waals surface area contributed by atoms with Crippen molar-refractivity contribution in [2.45, 2.75) is 29.7 Å². The quantitative estimate of drug-likeness (QED) is 0.923. The van der Waals surface area contributed by atoms with E-state index in [-0.39, 0.29) is 5.82 Å². The van der Waals surface area contributed by atoms with Gasteiger partial charge in [-0.25, -0.2) is 4.39 Å². The zero-order chi connectivity index (χ0) is 13.1. The van der Waals surface area contributed by atoms with Crippen LogP contribution in [-0.4, -0.2) is 9.78 Å². The van der Waals surface area contributed by atoms with Crippen LogP contribution in [0.1, 0.15) is 19.0 Å². The van der Waals surface area contributed by atoms with Gasteiger partial charge in [0.05, 0.1) is 11.4 Å². The largest absolute Gasteiger partial charge is 0.395 e. The van der Waals surface area contributed by atoms with Crippen molar-refractivity contribution in [3.8, 4) is 0 Å². The van der Waals surface area contributed by atoms with Crippen molar-refractivity contribution in [1.29, 1.82) is 0 Å². The number of anilines is 1. The van der Waals surface area contributed by atoms with Gasteiger partial charge < -0.3 is 5.73 Å². The third-order valence-corrected chi connectivity index (χ3v) is 3.81. The zero-order valence-corrected chi connectivity index (χ0v) is 11.3. The number of nitrogens with two attached hydrogens (primary N) is 1. The van der Waals surface area contributed by atoms with Crippen LogP contribution < -0.4 is 5.73 Å². The smallest absolute Gasteiger partial charge is 0.123 e. The molecule has 2 rings (SSSR count). The third kappa shape index (κ3) is 2.67. The average Bonchev–Trinajstić information content (AvgIpc) is 2.60. The number of hydrogen-bond donors (Lipinski definition) is 1. The molecule has 2 aromatic rings. The van der Waals surface area contributed by atoms with E-state index in [0.717, 1.165) is 34.1 Å².